The first-order chi connectivity index (χ1) is 12.0. The van der Waals surface area contributed by atoms with Crippen LogP contribution in [0.1, 0.15) is 32.4 Å². The number of nitrogens with zero attached hydrogens (tertiary/aromatic N) is 3. The highest BCUT2D eigenvalue weighted by molar-refractivity contribution is 7.13. The first-order valence-electron chi connectivity index (χ1n) is 8.12. The van der Waals surface area contributed by atoms with Gasteiger partial charge in [0.2, 0.25) is 5.01 Å². The van der Waals surface area contributed by atoms with Gasteiger partial charge in [0.25, 0.3) is 5.91 Å². The number of amides is 1. The van der Waals surface area contributed by atoms with E-state index < -0.39 is 5.97 Å². The van der Waals surface area contributed by atoms with Crippen molar-refractivity contribution in [1.29, 1.82) is 0 Å². The van der Waals surface area contributed by atoms with Crippen molar-refractivity contribution in [3.63, 3.8) is 0 Å². The van der Waals surface area contributed by atoms with Crippen LogP contribution in [0.15, 0.2) is 24.3 Å². The molecule has 0 bridgehead atoms. The van der Waals surface area contributed by atoms with Gasteiger partial charge in [-0.1, -0.05) is 41.2 Å². The van der Waals surface area contributed by atoms with Crippen LogP contribution in [-0.4, -0.2) is 45.2 Å². The first kappa shape index (κ1) is 17.5. The van der Waals surface area contributed by atoms with Crippen molar-refractivity contribution in [2.75, 3.05) is 13.1 Å². The molecular weight excluding hydrogens is 340 g/mol. The fraction of sp³-hybridized carbons (Fsp3) is 0.412. The first-order valence-corrected chi connectivity index (χ1v) is 8.94. The fourth-order valence-corrected chi connectivity index (χ4v) is 3.54. The molecule has 1 aromatic carbocycles. The van der Waals surface area contributed by atoms with E-state index in [1.54, 1.807) is 0 Å². The third kappa shape index (κ3) is 4.61. The topological polar surface area (TPSA) is 95.4 Å². The zero-order valence-electron chi connectivity index (χ0n) is 13.9. The molecule has 0 aliphatic carbocycles. The van der Waals surface area contributed by atoms with Crippen molar-refractivity contribution in [2.24, 2.45) is 5.92 Å². The van der Waals surface area contributed by atoms with Gasteiger partial charge in [-0.05, 0) is 25.5 Å². The van der Waals surface area contributed by atoms with Crippen molar-refractivity contribution >= 4 is 23.2 Å². The van der Waals surface area contributed by atoms with Gasteiger partial charge in [0.1, 0.15) is 5.01 Å². The molecule has 1 atom stereocenters. The monoisotopic (exact) mass is 360 g/mol. The summed E-state index contributed by atoms with van der Waals surface area (Å²) in [4.78, 5) is 25.2. The Bertz CT molecular complexity index is 760. The molecule has 1 fully saturated rings. The molecule has 8 heteroatoms. The van der Waals surface area contributed by atoms with Gasteiger partial charge in [0, 0.05) is 13.1 Å². The SMILES string of the molecule is Cc1ccc(CNC(=O)c2nnc(CN3CCC(C(=O)O)C3)s2)cc1. The number of rotatable bonds is 6. The summed E-state index contributed by atoms with van der Waals surface area (Å²) in [5, 5.41) is 20.9. The number of hydrogen-bond acceptors (Lipinski definition) is 6. The predicted octanol–water partition coefficient (Wildman–Crippen LogP) is 1.68. The molecule has 1 aromatic heterocycles. The van der Waals surface area contributed by atoms with E-state index in [4.69, 9.17) is 5.11 Å². The second-order valence-corrected chi connectivity index (χ2v) is 7.29. The number of carboxylic acid groups (broad SMARTS) is 1. The number of likely N-dealkylation sites (tertiary alicyclic amines) is 1. The average molecular weight is 360 g/mol. The highest BCUT2D eigenvalue weighted by Crippen LogP contribution is 2.20. The van der Waals surface area contributed by atoms with Gasteiger partial charge in [-0.2, -0.15) is 0 Å². The lowest BCUT2D eigenvalue weighted by Gasteiger charge is -2.12. The normalized spacial score (nSPS) is 17.6. The molecule has 0 saturated carbocycles. The molecular formula is C17H20N4O3S. The number of benzene rings is 1. The van der Waals surface area contributed by atoms with Crippen LogP contribution >= 0.6 is 11.3 Å². The number of nitrogens with one attached hydrogen (secondary N) is 1. The number of carbonyl (C=O) groups excluding carboxylic acids is 1. The second-order valence-electron chi connectivity index (χ2n) is 6.23. The Labute approximate surface area is 149 Å². The summed E-state index contributed by atoms with van der Waals surface area (Å²) in [5.41, 5.74) is 2.20. The molecule has 2 N–H and O–H groups in total. The molecule has 2 aromatic rings. The molecule has 1 amide bonds. The molecule has 3 rings (SSSR count). The lowest BCUT2D eigenvalue weighted by Crippen LogP contribution is -2.22. The van der Waals surface area contributed by atoms with Crippen molar-refractivity contribution < 1.29 is 14.7 Å². The average Bonchev–Trinajstić information content (AvgIpc) is 3.24. The maximum Gasteiger partial charge on any atom is 0.307 e. The van der Waals surface area contributed by atoms with Crippen LogP contribution in [0.25, 0.3) is 0 Å². The minimum atomic E-state index is -0.754. The molecule has 132 valence electrons. The Morgan fingerprint density at radius 3 is 2.76 bits per heavy atom. The zero-order chi connectivity index (χ0) is 17.8. The van der Waals surface area contributed by atoms with Gasteiger partial charge in [0.05, 0.1) is 12.5 Å². The Morgan fingerprint density at radius 1 is 1.32 bits per heavy atom. The summed E-state index contributed by atoms with van der Waals surface area (Å²) in [7, 11) is 0. The zero-order valence-corrected chi connectivity index (χ0v) is 14.8. The molecule has 2 heterocycles. The van der Waals surface area contributed by atoms with Gasteiger partial charge in [-0.25, -0.2) is 0 Å². The van der Waals surface area contributed by atoms with Crippen LogP contribution in [-0.2, 0) is 17.9 Å². The van der Waals surface area contributed by atoms with Gasteiger partial charge < -0.3 is 10.4 Å². The van der Waals surface area contributed by atoms with Crippen LogP contribution in [0.3, 0.4) is 0 Å². The molecule has 25 heavy (non-hydrogen) atoms. The van der Waals surface area contributed by atoms with E-state index in [1.165, 1.54) is 16.9 Å². The van der Waals surface area contributed by atoms with E-state index in [0.29, 0.717) is 31.1 Å². The highest BCUT2D eigenvalue weighted by atomic mass is 32.1. The van der Waals surface area contributed by atoms with E-state index in [1.807, 2.05) is 36.1 Å². The molecule has 0 spiro atoms. The summed E-state index contributed by atoms with van der Waals surface area (Å²) >= 11 is 1.25. The standard InChI is InChI=1S/C17H20N4O3S/c1-11-2-4-12(5-3-11)8-18-15(22)16-20-19-14(25-16)10-21-7-6-13(9-21)17(23)24/h2-5,13H,6-10H2,1H3,(H,18,22)(H,23,24). The van der Waals surface area contributed by atoms with Crippen molar-refractivity contribution in [3.05, 3.63) is 45.4 Å². The minimum Gasteiger partial charge on any atom is -0.481 e. The summed E-state index contributed by atoms with van der Waals surface area (Å²) in [6.45, 7) is 4.24. The van der Waals surface area contributed by atoms with Crippen molar-refractivity contribution in [3.8, 4) is 0 Å². The van der Waals surface area contributed by atoms with E-state index in [2.05, 4.69) is 15.5 Å². The minimum absolute atomic E-state index is 0.242. The summed E-state index contributed by atoms with van der Waals surface area (Å²) in [6, 6.07) is 7.97. The van der Waals surface area contributed by atoms with Crippen molar-refractivity contribution in [1.82, 2.24) is 20.4 Å². The van der Waals surface area contributed by atoms with E-state index in [0.717, 1.165) is 17.1 Å². The predicted molar refractivity (Wildman–Crippen MR) is 93.3 cm³/mol. The van der Waals surface area contributed by atoms with Crippen molar-refractivity contribution in [2.45, 2.75) is 26.4 Å². The Morgan fingerprint density at radius 2 is 2.08 bits per heavy atom. The molecule has 0 radical (unpaired) electrons. The summed E-state index contributed by atoms with van der Waals surface area (Å²) in [6.07, 6.45) is 0.651. The third-order valence-corrected chi connectivity index (χ3v) is 5.12. The lowest BCUT2D eigenvalue weighted by atomic mass is 10.1. The van der Waals surface area contributed by atoms with Crippen LogP contribution in [0.5, 0.6) is 0 Å². The number of carboxylic acids is 1. The van der Waals surface area contributed by atoms with Gasteiger partial charge in [-0.15, -0.1) is 10.2 Å². The fourth-order valence-electron chi connectivity index (χ4n) is 2.74. The molecule has 1 aliphatic rings. The van der Waals surface area contributed by atoms with Crippen LogP contribution < -0.4 is 5.32 Å². The van der Waals surface area contributed by atoms with Crippen LogP contribution in [0.4, 0.5) is 0 Å². The van der Waals surface area contributed by atoms with Gasteiger partial charge >= 0.3 is 5.97 Å². The van der Waals surface area contributed by atoms with Gasteiger partial charge in [0.15, 0.2) is 0 Å². The molecule has 1 saturated heterocycles. The Hall–Kier alpha value is -2.32. The van der Waals surface area contributed by atoms with Crippen LogP contribution in [0.2, 0.25) is 0 Å². The van der Waals surface area contributed by atoms with Crippen LogP contribution in [0, 0.1) is 12.8 Å². The molecule has 7 nitrogen and oxygen atoms in total. The highest BCUT2D eigenvalue weighted by Gasteiger charge is 2.28. The second kappa shape index (κ2) is 7.71. The van der Waals surface area contributed by atoms with E-state index in [9.17, 15) is 9.59 Å². The molecule has 1 unspecified atom stereocenters. The maximum absolute atomic E-state index is 12.2. The van der Waals surface area contributed by atoms with E-state index >= 15 is 0 Å². The lowest BCUT2D eigenvalue weighted by molar-refractivity contribution is -0.141. The number of hydrogen-bond donors (Lipinski definition) is 2. The quantitative estimate of drug-likeness (QED) is 0.814. The van der Waals surface area contributed by atoms with E-state index in [-0.39, 0.29) is 11.8 Å². The third-order valence-electron chi connectivity index (χ3n) is 4.22. The number of aromatic nitrogens is 2. The number of carbonyl (C=O) groups is 2. The smallest absolute Gasteiger partial charge is 0.307 e. The largest absolute Gasteiger partial charge is 0.481 e. The number of aryl methyl sites for hydroxylation is 1. The maximum atomic E-state index is 12.2. The Balaban J connectivity index is 1.51. The number of aliphatic carboxylic acids is 1. The van der Waals surface area contributed by atoms with Gasteiger partial charge in [-0.3, -0.25) is 14.5 Å². The molecule has 1 aliphatic heterocycles. The Kier molecular flexibility index (Phi) is 5.40. The summed E-state index contributed by atoms with van der Waals surface area (Å²) < 4.78 is 0. The summed E-state index contributed by atoms with van der Waals surface area (Å²) in [5.74, 6) is -1.31.